The van der Waals surface area contributed by atoms with E-state index in [-0.39, 0.29) is 18.2 Å². The minimum atomic E-state index is -0.980. The number of methoxy groups -OCH3 is 1. The van der Waals surface area contributed by atoms with E-state index in [0.29, 0.717) is 18.9 Å². The number of urea groups is 1. The molecule has 19 heavy (non-hydrogen) atoms. The molecule has 1 aliphatic rings. The number of hydrogen-bond donors (Lipinski definition) is 2. The summed E-state index contributed by atoms with van der Waals surface area (Å²) in [5.41, 5.74) is 0. The number of likely N-dealkylation sites (tertiary alicyclic amines) is 1. The van der Waals surface area contributed by atoms with Crippen LogP contribution in [-0.2, 0) is 9.53 Å². The summed E-state index contributed by atoms with van der Waals surface area (Å²) in [6.07, 6.45) is 1.01. The van der Waals surface area contributed by atoms with Crippen LogP contribution in [0.4, 0.5) is 4.79 Å². The molecule has 0 spiro atoms. The summed E-state index contributed by atoms with van der Waals surface area (Å²) in [4.78, 5) is 24.6. The first-order valence-electron chi connectivity index (χ1n) is 6.67. The second-order valence-corrected chi connectivity index (χ2v) is 5.58. The number of carbonyl (C=O) groups is 2. The molecule has 6 nitrogen and oxygen atoms in total. The second kappa shape index (κ2) is 6.75. The van der Waals surface area contributed by atoms with Gasteiger partial charge in [0, 0.05) is 26.1 Å². The molecule has 1 aliphatic heterocycles. The highest BCUT2D eigenvalue weighted by Crippen LogP contribution is 2.20. The predicted octanol–water partition coefficient (Wildman–Crippen LogP) is 1.30. The van der Waals surface area contributed by atoms with Gasteiger partial charge in [0.15, 0.2) is 0 Å². The number of nitrogens with one attached hydrogen (secondary N) is 1. The van der Waals surface area contributed by atoms with E-state index >= 15 is 0 Å². The number of carboxylic acids is 1. The smallest absolute Gasteiger partial charge is 0.326 e. The van der Waals surface area contributed by atoms with Gasteiger partial charge in [-0.2, -0.15) is 0 Å². The fraction of sp³-hybridized carbons (Fsp3) is 0.846. The van der Waals surface area contributed by atoms with E-state index in [1.165, 1.54) is 12.0 Å². The van der Waals surface area contributed by atoms with Crippen molar-refractivity contribution >= 4 is 12.0 Å². The van der Waals surface area contributed by atoms with E-state index in [1.54, 1.807) is 0 Å². The largest absolute Gasteiger partial charge is 0.480 e. The van der Waals surface area contributed by atoms with E-state index in [1.807, 2.05) is 6.92 Å². The molecule has 1 fully saturated rings. The third-order valence-electron chi connectivity index (χ3n) is 3.34. The summed E-state index contributed by atoms with van der Waals surface area (Å²) in [5, 5.41) is 12.0. The Morgan fingerprint density at radius 3 is 2.53 bits per heavy atom. The van der Waals surface area contributed by atoms with Crippen molar-refractivity contribution in [3.8, 4) is 0 Å². The average molecular weight is 272 g/mol. The van der Waals surface area contributed by atoms with Crippen molar-refractivity contribution < 1.29 is 19.4 Å². The Morgan fingerprint density at radius 1 is 1.42 bits per heavy atom. The fourth-order valence-corrected chi connectivity index (χ4v) is 2.49. The Balaban J connectivity index is 2.61. The van der Waals surface area contributed by atoms with Crippen molar-refractivity contribution in [1.82, 2.24) is 10.2 Å². The van der Waals surface area contributed by atoms with E-state index in [2.05, 4.69) is 19.2 Å². The van der Waals surface area contributed by atoms with Gasteiger partial charge in [0.25, 0.3) is 0 Å². The van der Waals surface area contributed by atoms with Crippen molar-refractivity contribution in [2.45, 2.75) is 51.8 Å². The highest BCUT2D eigenvalue weighted by atomic mass is 16.5. The maximum atomic E-state index is 12.1. The van der Waals surface area contributed by atoms with E-state index in [0.717, 1.165) is 6.42 Å². The van der Waals surface area contributed by atoms with Gasteiger partial charge in [-0.15, -0.1) is 0 Å². The molecule has 0 radical (unpaired) electrons. The van der Waals surface area contributed by atoms with Crippen LogP contribution in [0.1, 0.15) is 33.6 Å². The van der Waals surface area contributed by atoms with Crippen LogP contribution in [-0.4, -0.2) is 53.8 Å². The summed E-state index contributed by atoms with van der Waals surface area (Å²) >= 11 is 0. The Morgan fingerprint density at radius 2 is 2.05 bits per heavy atom. The van der Waals surface area contributed by atoms with Crippen LogP contribution >= 0.6 is 0 Å². The van der Waals surface area contributed by atoms with Gasteiger partial charge in [-0.05, 0) is 19.3 Å². The zero-order chi connectivity index (χ0) is 14.6. The number of nitrogens with zero attached hydrogens (tertiary/aromatic N) is 1. The van der Waals surface area contributed by atoms with Crippen LogP contribution in [0.25, 0.3) is 0 Å². The van der Waals surface area contributed by atoms with Crippen molar-refractivity contribution in [2.24, 2.45) is 5.92 Å². The lowest BCUT2D eigenvalue weighted by Gasteiger charge is -2.24. The van der Waals surface area contributed by atoms with E-state index in [4.69, 9.17) is 9.84 Å². The quantitative estimate of drug-likeness (QED) is 0.790. The first-order valence-corrected chi connectivity index (χ1v) is 6.67. The third kappa shape index (κ3) is 4.38. The molecule has 2 N–H and O–H groups in total. The number of amides is 2. The number of ether oxygens (including phenoxy) is 1. The summed E-state index contributed by atoms with van der Waals surface area (Å²) in [5.74, 6) is -0.498. The number of rotatable bonds is 5. The maximum Gasteiger partial charge on any atom is 0.326 e. The summed E-state index contributed by atoms with van der Waals surface area (Å²) in [6.45, 7) is 6.42. The van der Waals surface area contributed by atoms with Gasteiger partial charge in [-0.1, -0.05) is 13.8 Å². The first-order chi connectivity index (χ1) is 8.85. The normalized spacial score (nSPS) is 24.6. The lowest BCUT2D eigenvalue weighted by molar-refractivity contribution is -0.141. The molecule has 110 valence electrons. The van der Waals surface area contributed by atoms with E-state index < -0.39 is 12.0 Å². The number of carboxylic acid groups (broad SMARTS) is 1. The van der Waals surface area contributed by atoms with Gasteiger partial charge >= 0.3 is 12.0 Å². The molecule has 3 unspecified atom stereocenters. The number of carbonyl (C=O) groups excluding carboxylic acids is 1. The molecule has 1 saturated heterocycles. The SMILES string of the molecule is COC1CC(C(=O)O)N(C(=O)NC(C)CC(C)C)C1. The van der Waals surface area contributed by atoms with Crippen LogP contribution in [0, 0.1) is 5.92 Å². The molecule has 0 aromatic carbocycles. The molecule has 3 atom stereocenters. The molecular formula is C13H24N2O4. The second-order valence-electron chi connectivity index (χ2n) is 5.58. The maximum absolute atomic E-state index is 12.1. The molecule has 2 amide bonds. The van der Waals surface area contributed by atoms with Crippen LogP contribution in [0.2, 0.25) is 0 Å². The van der Waals surface area contributed by atoms with Crippen LogP contribution < -0.4 is 5.32 Å². The number of aliphatic carboxylic acids is 1. The monoisotopic (exact) mass is 272 g/mol. The molecule has 1 heterocycles. The zero-order valence-electron chi connectivity index (χ0n) is 12.0. The van der Waals surface area contributed by atoms with Gasteiger partial charge in [0.1, 0.15) is 6.04 Å². The van der Waals surface area contributed by atoms with Gasteiger partial charge in [-0.3, -0.25) is 0 Å². The van der Waals surface area contributed by atoms with Crippen LogP contribution in [0.15, 0.2) is 0 Å². The minimum absolute atomic E-state index is 0.0311. The fourth-order valence-electron chi connectivity index (χ4n) is 2.49. The summed E-state index contributed by atoms with van der Waals surface area (Å²) < 4.78 is 5.16. The molecule has 0 saturated carbocycles. The molecular weight excluding hydrogens is 248 g/mol. The number of hydrogen-bond acceptors (Lipinski definition) is 3. The molecule has 6 heteroatoms. The Hall–Kier alpha value is -1.30. The highest BCUT2D eigenvalue weighted by Gasteiger charge is 2.40. The van der Waals surface area contributed by atoms with Crippen molar-refractivity contribution in [1.29, 1.82) is 0 Å². The van der Waals surface area contributed by atoms with Crippen molar-refractivity contribution in [3.63, 3.8) is 0 Å². The molecule has 0 aliphatic carbocycles. The van der Waals surface area contributed by atoms with Gasteiger partial charge in [0.05, 0.1) is 6.10 Å². The van der Waals surface area contributed by atoms with E-state index in [9.17, 15) is 9.59 Å². The van der Waals surface area contributed by atoms with Gasteiger partial charge in [0.2, 0.25) is 0 Å². The highest BCUT2D eigenvalue weighted by molar-refractivity contribution is 5.83. The Bertz CT molecular complexity index is 333. The zero-order valence-corrected chi connectivity index (χ0v) is 12.0. The van der Waals surface area contributed by atoms with Gasteiger partial charge in [-0.25, -0.2) is 9.59 Å². The van der Waals surface area contributed by atoms with Crippen LogP contribution in [0.3, 0.4) is 0 Å². The predicted molar refractivity (Wildman–Crippen MR) is 71.0 cm³/mol. The average Bonchev–Trinajstić information content (AvgIpc) is 2.71. The summed E-state index contributed by atoms with van der Waals surface area (Å²) in [7, 11) is 1.53. The van der Waals surface area contributed by atoms with Crippen LogP contribution in [0.5, 0.6) is 0 Å². The third-order valence-corrected chi connectivity index (χ3v) is 3.34. The van der Waals surface area contributed by atoms with Gasteiger partial charge < -0.3 is 20.1 Å². The summed E-state index contributed by atoms with van der Waals surface area (Å²) in [6, 6.07) is -1.08. The topological polar surface area (TPSA) is 78.9 Å². The Labute approximate surface area is 114 Å². The van der Waals surface area contributed by atoms with Crippen molar-refractivity contribution in [2.75, 3.05) is 13.7 Å². The van der Waals surface area contributed by atoms with Crippen molar-refractivity contribution in [3.05, 3.63) is 0 Å². The minimum Gasteiger partial charge on any atom is -0.480 e. The first kappa shape index (κ1) is 15.8. The molecule has 1 rings (SSSR count). The lowest BCUT2D eigenvalue weighted by atomic mass is 10.1. The Kier molecular flexibility index (Phi) is 5.60. The molecule has 0 aromatic rings. The molecule has 0 aromatic heterocycles. The molecule has 0 bridgehead atoms. The standard InChI is InChI=1S/C13H24N2O4/c1-8(2)5-9(3)14-13(18)15-7-10(19-4)6-11(15)12(16)17/h8-11H,5-7H2,1-4H3,(H,14,18)(H,16,17). The lowest BCUT2D eigenvalue weighted by Crippen LogP contribution is -2.48.